The molecule has 0 fully saturated rings. The van der Waals surface area contributed by atoms with E-state index in [2.05, 4.69) is 62.7 Å². The van der Waals surface area contributed by atoms with Crippen molar-refractivity contribution in [1.82, 2.24) is 15.8 Å². The normalized spacial score (nSPS) is 11.6. The van der Waals surface area contributed by atoms with Gasteiger partial charge in [0.05, 0.1) is 5.69 Å². The van der Waals surface area contributed by atoms with Gasteiger partial charge in [-0.25, -0.2) is 0 Å². The molecule has 1 aromatic carbocycles. The number of hydrogen-bond donors (Lipinski definition) is 2. The Bertz CT molecular complexity index is 645. The Kier molecular flexibility index (Phi) is 6.65. The fraction of sp³-hybridized carbons (Fsp3) is 0.412. The molecule has 2 N–H and O–H groups in total. The van der Waals surface area contributed by atoms with E-state index in [0.717, 1.165) is 40.3 Å². The summed E-state index contributed by atoms with van der Waals surface area (Å²) < 4.78 is 6.46. The second-order valence-corrected chi connectivity index (χ2v) is 6.06. The molecule has 124 valence electrons. The van der Waals surface area contributed by atoms with Crippen LogP contribution in [0.4, 0.5) is 0 Å². The van der Waals surface area contributed by atoms with Gasteiger partial charge in [0.25, 0.3) is 0 Å². The van der Waals surface area contributed by atoms with E-state index in [0.29, 0.717) is 13.1 Å². The highest BCUT2D eigenvalue weighted by Crippen LogP contribution is 2.15. The molecule has 0 amide bonds. The minimum Gasteiger partial charge on any atom is -0.361 e. The van der Waals surface area contributed by atoms with Crippen LogP contribution < -0.4 is 10.6 Å². The first-order valence-corrected chi connectivity index (χ1v) is 8.62. The highest BCUT2D eigenvalue weighted by Gasteiger charge is 2.13. The molecule has 0 aliphatic carbocycles. The smallest absolute Gasteiger partial charge is 0.191 e. The lowest BCUT2D eigenvalue weighted by Crippen LogP contribution is -2.36. The fourth-order valence-corrected chi connectivity index (χ4v) is 2.81. The van der Waals surface area contributed by atoms with Gasteiger partial charge in [0.2, 0.25) is 0 Å². The molecule has 0 aliphatic heterocycles. The van der Waals surface area contributed by atoms with Crippen LogP contribution in [0.5, 0.6) is 0 Å². The van der Waals surface area contributed by atoms with Gasteiger partial charge in [-0.2, -0.15) is 0 Å². The maximum atomic E-state index is 5.39. The van der Waals surface area contributed by atoms with Crippen molar-refractivity contribution in [3.63, 3.8) is 0 Å². The largest absolute Gasteiger partial charge is 0.361 e. The Labute approximate surface area is 145 Å². The van der Waals surface area contributed by atoms with Crippen molar-refractivity contribution in [3.8, 4) is 0 Å². The predicted octanol–water partition coefficient (Wildman–Crippen LogP) is 3.43. The molecule has 23 heavy (non-hydrogen) atoms. The molecule has 5 nitrogen and oxygen atoms in total. The molecule has 0 spiro atoms. The molecular formula is C17H23BrN4O. The Morgan fingerprint density at radius 3 is 2.65 bits per heavy atom. The first-order valence-electron chi connectivity index (χ1n) is 7.83. The van der Waals surface area contributed by atoms with E-state index in [1.807, 2.05) is 12.1 Å². The van der Waals surface area contributed by atoms with Crippen LogP contribution in [0.15, 0.2) is 38.3 Å². The van der Waals surface area contributed by atoms with Crippen molar-refractivity contribution < 1.29 is 4.52 Å². The number of aryl methyl sites for hydroxylation is 2. The van der Waals surface area contributed by atoms with Crippen molar-refractivity contribution in [1.29, 1.82) is 0 Å². The zero-order valence-electron chi connectivity index (χ0n) is 13.8. The molecule has 1 heterocycles. The van der Waals surface area contributed by atoms with Crippen molar-refractivity contribution in [2.24, 2.45) is 4.99 Å². The highest BCUT2D eigenvalue weighted by molar-refractivity contribution is 9.10. The molecule has 0 radical (unpaired) electrons. The monoisotopic (exact) mass is 378 g/mol. The standard InChI is InChI=1S/C17H23BrN4O/c1-4-15-14(16(5-2)23-22-15)11-21-17(19-3)20-10-12-7-6-8-13(18)9-12/h6-9H,4-5,10-11H2,1-3H3,(H2,19,20,21). The lowest BCUT2D eigenvalue weighted by atomic mass is 10.1. The molecule has 1 aromatic heterocycles. The van der Waals surface area contributed by atoms with E-state index in [1.165, 1.54) is 5.56 Å². The van der Waals surface area contributed by atoms with Crippen LogP contribution in [-0.4, -0.2) is 18.2 Å². The van der Waals surface area contributed by atoms with E-state index in [9.17, 15) is 0 Å². The third-order valence-electron chi connectivity index (χ3n) is 3.61. The first kappa shape index (κ1) is 17.5. The van der Waals surface area contributed by atoms with Gasteiger partial charge >= 0.3 is 0 Å². The summed E-state index contributed by atoms with van der Waals surface area (Å²) in [6, 6.07) is 8.20. The number of benzene rings is 1. The first-order chi connectivity index (χ1) is 11.2. The number of aromatic nitrogens is 1. The van der Waals surface area contributed by atoms with Gasteiger partial charge in [0.1, 0.15) is 5.76 Å². The van der Waals surface area contributed by atoms with Crippen LogP contribution in [-0.2, 0) is 25.9 Å². The van der Waals surface area contributed by atoms with Crippen molar-refractivity contribution in [3.05, 3.63) is 51.3 Å². The Morgan fingerprint density at radius 1 is 1.22 bits per heavy atom. The second-order valence-electron chi connectivity index (χ2n) is 5.15. The third-order valence-corrected chi connectivity index (χ3v) is 4.11. The number of halogens is 1. The number of rotatable bonds is 6. The summed E-state index contributed by atoms with van der Waals surface area (Å²) in [6.07, 6.45) is 1.71. The minimum absolute atomic E-state index is 0.661. The molecule has 6 heteroatoms. The lowest BCUT2D eigenvalue weighted by Gasteiger charge is -2.12. The van der Waals surface area contributed by atoms with E-state index < -0.39 is 0 Å². The van der Waals surface area contributed by atoms with Gasteiger partial charge in [-0.05, 0) is 24.1 Å². The summed E-state index contributed by atoms with van der Waals surface area (Å²) in [6.45, 7) is 5.53. The van der Waals surface area contributed by atoms with Gasteiger partial charge in [0.15, 0.2) is 5.96 Å². The average Bonchev–Trinajstić information content (AvgIpc) is 2.97. The number of hydrogen-bond acceptors (Lipinski definition) is 3. The molecule has 0 saturated carbocycles. The molecule has 0 aliphatic rings. The van der Waals surface area contributed by atoms with E-state index in [4.69, 9.17) is 4.52 Å². The Morgan fingerprint density at radius 2 is 2.00 bits per heavy atom. The van der Waals surface area contributed by atoms with Crippen molar-refractivity contribution >= 4 is 21.9 Å². The van der Waals surface area contributed by atoms with E-state index in [1.54, 1.807) is 7.05 Å². The SMILES string of the molecule is CCc1noc(CC)c1CNC(=NC)NCc1cccc(Br)c1. The van der Waals surface area contributed by atoms with Crippen LogP contribution in [0.25, 0.3) is 0 Å². The molecular weight excluding hydrogens is 356 g/mol. The number of nitrogens with zero attached hydrogens (tertiary/aromatic N) is 2. The quantitative estimate of drug-likeness (QED) is 0.596. The van der Waals surface area contributed by atoms with Crippen molar-refractivity contribution in [2.45, 2.75) is 39.8 Å². The summed E-state index contributed by atoms with van der Waals surface area (Å²) in [5.74, 6) is 1.70. The van der Waals surface area contributed by atoms with Crippen LogP contribution in [0, 0.1) is 0 Å². The van der Waals surface area contributed by atoms with Crippen molar-refractivity contribution in [2.75, 3.05) is 7.05 Å². The van der Waals surface area contributed by atoms with Gasteiger partial charge < -0.3 is 15.2 Å². The average molecular weight is 379 g/mol. The van der Waals surface area contributed by atoms with Gasteiger partial charge in [-0.3, -0.25) is 4.99 Å². The highest BCUT2D eigenvalue weighted by atomic mass is 79.9. The predicted molar refractivity (Wildman–Crippen MR) is 96.4 cm³/mol. The number of guanidine groups is 1. The topological polar surface area (TPSA) is 62.5 Å². The molecule has 0 atom stereocenters. The van der Waals surface area contributed by atoms with Crippen LogP contribution in [0.2, 0.25) is 0 Å². The number of nitrogens with one attached hydrogen (secondary N) is 2. The zero-order valence-corrected chi connectivity index (χ0v) is 15.4. The van der Waals surface area contributed by atoms with E-state index >= 15 is 0 Å². The second kappa shape index (κ2) is 8.72. The summed E-state index contributed by atoms with van der Waals surface area (Å²) in [5.41, 5.74) is 3.34. The molecule has 0 unspecified atom stereocenters. The Hall–Kier alpha value is -1.82. The Balaban J connectivity index is 1.94. The van der Waals surface area contributed by atoms with Gasteiger partial charge in [-0.15, -0.1) is 0 Å². The molecule has 0 bridgehead atoms. The zero-order chi connectivity index (χ0) is 16.7. The summed E-state index contributed by atoms with van der Waals surface area (Å²) in [4.78, 5) is 4.27. The summed E-state index contributed by atoms with van der Waals surface area (Å²) in [7, 11) is 1.77. The van der Waals surface area contributed by atoms with Crippen LogP contribution >= 0.6 is 15.9 Å². The minimum atomic E-state index is 0.661. The fourth-order valence-electron chi connectivity index (χ4n) is 2.36. The van der Waals surface area contributed by atoms with E-state index in [-0.39, 0.29) is 0 Å². The molecule has 0 saturated heterocycles. The molecule has 2 aromatic rings. The maximum absolute atomic E-state index is 5.39. The molecule has 2 rings (SSSR count). The van der Waals surface area contributed by atoms with Crippen LogP contribution in [0.3, 0.4) is 0 Å². The third kappa shape index (κ3) is 4.82. The summed E-state index contributed by atoms with van der Waals surface area (Å²) >= 11 is 3.48. The number of aliphatic imine (C=N–C) groups is 1. The lowest BCUT2D eigenvalue weighted by molar-refractivity contribution is 0.380. The van der Waals surface area contributed by atoms with Crippen LogP contribution in [0.1, 0.15) is 36.4 Å². The van der Waals surface area contributed by atoms with Gasteiger partial charge in [0, 0.05) is 36.6 Å². The maximum Gasteiger partial charge on any atom is 0.191 e. The van der Waals surface area contributed by atoms with Gasteiger partial charge in [-0.1, -0.05) is 47.1 Å². The summed E-state index contributed by atoms with van der Waals surface area (Å²) in [5, 5.41) is 10.8.